The van der Waals surface area contributed by atoms with E-state index >= 15 is 0 Å². The summed E-state index contributed by atoms with van der Waals surface area (Å²) in [4.78, 5) is 12.0. The zero-order chi connectivity index (χ0) is 13.5. The number of amides is 1. The van der Waals surface area contributed by atoms with Gasteiger partial charge in [0.2, 0.25) is 0 Å². The van der Waals surface area contributed by atoms with Crippen molar-refractivity contribution in [3.63, 3.8) is 0 Å². The standard InChI is InChI=1S/C12H15Br2NO3/c1-18-7-9(14)4-5-15-12(17)10-6-8(13)2-3-11(10)16/h2-3,6,9,16H,4-5,7H2,1H3,(H,15,17). The lowest BCUT2D eigenvalue weighted by Gasteiger charge is -2.10. The highest BCUT2D eigenvalue weighted by molar-refractivity contribution is 9.10. The van der Waals surface area contributed by atoms with Crippen molar-refractivity contribution in [3.05, 3.63) is 28.2 Å². The first-order chi connectivity index (χ1) is 8.54. The molecule has 1 aromatic rings. The Morgan fingerprint density at radius 2 is 2.28 bits per heavy atom. The van der Waals surface area contributed by atoms with E-state index in [1.54, 1.807) is 19.2 Å². The molecule has 1 unspecified atom stereocenters. The summed E-state index contributed by atoms with van der Waals surface area (Å²) in [7, 11) is 1.63. The molecule has 0 saturated heterocycles. The highest BCUT2D eigenvalue weighted by Crippen LogP contribution is 2.21. The normalized spacial score (nSPS) is 12.2. The van der Waals surface area contributed by atoms with E-state index in [1.165, 1.54) is 6.07 Å². The smallest absolute Gasteiger partial charge is 0.255 e. The number of phenolic OH excluding ortho intramolecular Hbond substituents is 1. The van der Waals surface area contributed by atoms with Gasteiger partial charge >= 0.3 is 0 Å². The van der Waals surface area contributed by atoms with Crippen molar-refractivity contribution >= 4 is 37.8 Å². The Labute approximate surface area is 123 Å². The first kappa shape index (κ1) is 15.5. The Bertz CT molecular complexity index is 412. The molecule has 0 heterocycles. The van der Waals surface area contributed by atoms with Crippen molar-refractivity contribution in [1.82, 2.24) is 5.32 Å². The van der Waals surface area contributed by atoms with Crippen LogP contribution in [0.1, 0.15) is 16.8 Å². The second kappa shape index (κ2) is 7.76. The van der Waals surface area contributed by atoms with Crippen molar-refractivity contribution < 1.29 is 14.6 Å². The highest BCUT2D eigenvalue weighted by Gasteiger charge is 2.11. The summed E-state index contributed by atoms with van der Waals surface area (Å²) in [6, 6.07) is 4.75. The molecule has 0 aliphatic rings. The van der Waals surface area contributed by atoms with Crippen molar-refractivity contribution in [2.24, 2.45) is 0 Å². The summed E-state index contributed by atoms with van der Waals surface area (Å²) in [6.45, 7) is 1.11. The third kappa shape index (κ3) is 4.96. The fraction of sp³-hybridized carbons (Fsp3) is 0.417. The molecule has 0 radical (unpaired) electrons. The van der Waals surface area contributed by atoms with Gasteiger partial charge in [-0.05, 0) is 24.6 Å². The van der Waals surface area contributed by atoms with Crippen LogP contribution in [0, 0.1) is 0 Å². The molecule has 6 heteroatoms. The second-order valence-corrected chi connectivity index (χ2v) is 5.97. The lowest BCUT2D eigenvalue weighted by atomic mass is 10.2. The van der Waals surface area contributed by atoms with Gasteiger partial charge < -0.3 is 15.2 Å². The zero-order valence-electron chi connectivity index (χ0n) is 9.95. The van der Waals surface area contributed by atoms with E-state index in [9.17, 15) is 9.90 Å². The molecular weight excluding hydrogens is 366 g/mol. The van der Waals surface area contributed by atoms with Crippen LogP contribution in [-0.2, 0) is 4.74 Å². The molecule has 0 aromatic heterocycles. The molecule has 2 N–H and O–H groups in total. The number of carbonyl (C=O) groups excluding carboxylic acids is 1. The van der Waals surface area contributed by atoms with Crippen LogP contribution >= 0.6 is 31.9 Å². The number of alkyl halides is 1. The first-order valence-corrected chi connectivity index (χ1v) is 7.15. The van der Waals surface area contributed by atoms with Crippen LogP contribution in [0.2, 0.25) is 0 Å². The quantitative estimate of drug-likeness (QED) is 0.746. The maximum absolute atomic E-state index is 11.8. The summed E-state index contributed by atoms with van der Waals surface area (Å²) in [6.07, 6.45) is 0.758. The molecule has 18 heavy (non-hydrogen) atoms. The Kier molecular flexibility index (Phi) is 6.67. The van der Waals surface area contributed by atoms with Crippen LogP contribution in [0.5, 0.6) is 5.75 Å². The number of nitrogens with one attached hydrogen (secondary N) is 1. The van der Waals surface area contributed by atoms with Crippen LogP contribution in [-0.4, -0.2) is 36.1 Å². The van der Waals surface area contributed by atoms with Gasteiger partial charge in [0.25, 0.3) is 5.91 Å². The van der Waals surface area contributed by atoms with Gasteiger partial charge in [-0.15, -0.1) is 0 Å². The Balaban J connectivity index is 2.48. The molecule has 4 nitrogen and oxygen atoms in total. The third-order valence-corrected chi connectivity index (χ3v) is 3.51. The Morgan fingerprint density at radius 3 is 2.94 bits per heavy atom. The van der Waals surface area contributed by atoms with Gasteiger partial charge in [0, 0.05) is 23.0 Å². The predicted octanol–water partition coefficient (Wildman–Crippen LogP) is 2.68. The number of rotatable bonds is 6. The Morgan fingerprint density at radius 1 is 1.56 bits per heavy atom. The first-order valence-electron chi connectivity index (χ1n) is 5.44. The van der Waals surface area contributed by atoms with Gasteiger partial charge in [-0.1, -0.05) is 31.9 Å². The maximum atomic E-state index is 11.8. The number of halogens is 2. The molecule has 1 rings (SSSR count). The lowest BCUT2D eigenvalue weighted by Crippen LogP contribution is -2.27. The average molecular weight is 381 g/mol. The van der Waals surface area contributed by atoms with Crippen LogP contribution in [0.3, 0.4) is 0 Å². The van der Waals surface area contributed by atoms with Crippen LogP contribution in [0.25, 0.3) is 0 Å². The van der Waals surface area contributed by atoms with Crippen LogP contribution in [0.15, 0.2) is 22.7 Å². The molecule has 1 aromatic carbocycles. The minimum Gasteiger partial charge on any atom is -0.507 e. The van der Waals surface area contributed by atoms with E-state index in [2.05, 4.69) is 37.2 Å². The predicted molar refractivity (Wildman–Crippen MR) is 77.3 cm³/mol. The van der Waals surface area contributed by atoms with Crippen molar-refractivity contribution in [2.75, 3.05) is 20.3 Å². The van der Waals surface area contributed by atoms with E-state index in [0.717, 1.165) is 10.9 Å². The molecule has 0 aliphatic heterocycles. The lowest BCUT2D eigenvalue weighted by molar-refractivity contribution is 0.0949. The van der Waals surface area contributed by atoms with Gasteiger partial charge in [0.15, 0.2) is 0 Å². The summed E-state index contributed by atoms with van der Waals surface area (Å²) in [5, 5.41) is 12.3. The van der Waals surface area contributed by atoms with E-state index in [0.29, 0.717) is 13.2 Å². The largest absolute Gasteiger partial charge is 0.507 e. The topological polar surface area (TPSA) is 58.6 Å². The van der Waals surface area contributed by atoms with E-state index in [4.69, 9.17) is 4.74 Å². The number of methoxy groups -OCH3 is 1. The van der Waals surface area contributed by atoms with Crippen molar-refractivity contribution in [1.29, 1.82) is 0 Å². The molecule has 0 spiro atoms. The number of phenols is 1. The van der Waals surface area contributed by atoms with Gasteiger partial charge in [0.1, 0.15) is 5.75 Å². The second-order valence-electron chi connectivity index (χ2n) is 3.76. The molecule has 1 atom stereocenters. The third-order valence-electron chi connectivity index (χ3n) is 2.29. The van der Waals surface area contributed by atoms with Crippen LogP contribution in [0.4, 0.5) is 0 Å². The fourth-order valence-corrected chi connectivity index (χ4v) is 2.25. The molecule has 1 amide bonds. The SMILES string of the molecule is COCC(Br)CCNC(=O)c1cc(Br)ccc1O. The summed E-state index contributed by atoms with van der Waals surface area (Å²) >= 11 is 6.70. The Hall–Kier alpha value is -0.590. The molecule has 0 bridgehead atoms. The van der Waals surface area contributed by atoms with E-state index in [1.807, 2.05) is 0 Å². The summed E-state index contributed by atoms with van der Waals surface area (Å²) in [5.74, 6) is -0.311. The number of ether oxygens (including phenoxy) is 1. The van der Waals surface area contributed by atoms with Crippen molar-refractivity contribution in [2.45, 2.75) is 11.2 Å². The number of carbonyl (C=O) groups is 1. The number of aromatic hydroxyl groups is 1. The monoisotopic (exact) mass is 379 g/mol. The van der Waals surface area contributed by atoms with Crippen molar-refractivity contribution in [3.8, 4) is 5.75 Å². The van der Waals surface area contributed by atoms with E-state index < -0.39 is 0 Å². The average Bonchev–Trinajstić information content (AvgIpc) is 2.32. The molecule has 100 valence electrons. The van der Waals surface area contributed by atoms with Gasteiger partial charge in [-0.25, -0.2) is 0 Å². The summed E-state index contributed by atoms with van der Waals surface area (Å²) in [5.41, 5.74) is 0.266. The highest BCUT2D eigenvalue weighted by atomic mass is 79.9. The minimum absolute atomic E-state index is 0.0250. The zero-order valence-corrected chi connectivity index (χ0v) is 13.1. The van der Waals surface area contributed by atoms with Gasteiger partial charge in [-0.2, -0.15) is 0 Å². The van der Waals surface area contributed by atoms with E-state index in [-0.39, 0.29) is 22.0 Å². The fourth-order valence-electron chi connectivity index (χ4n) is 1.39. The maximum Gasteiger partial charge on any atom is 0.255 e. The van der Waals surface area contributed by atoms with Gasteiger partial charge in [-0.3, -0.25) is 4.79 Å². The minimum atomic E-state index is -0.286. The number of benzene rings is 1. The summed E-state index contributed by atoms with van der Waals surface area (Å²) < 4.78 is 5.73. The molecule has 0 saturated carbocycles. The number of hydrogen-bond acceptors (Lipinski definition) is 3. The van der Waals surface area contributed by atoms with Gasteiger partial charge in [0.05, 0.1) is 12.2 Å². The molecule has 0 aliphatic carbocycles. The molecular formula is C12H15Br2NO3. The van der Waals surface area contributed by atoms with Crippen LogP contribution < -0.4 is 5.32 Å². The number of hydrogen-bond donors (Lipinski definition) is 2. The molecule has 0 fully saturated rings.